The first-order valence-corrected chi connectivity index (χ1v) is 9.03. The fourth-order valence-corrected chi connectivity index (χ4v) is 5.09. The second-order valence-corrected chi connectivity index (χ2v) is 7.73. The minimum absolute atomic E-state index is 0.150. The van der Waals surface area contributed by atoms with Crippen molar-refractivity contribution in [2.75, 3.05) is 11.5 Å². The van der Waals surface area contributed by atoms with Crippen LogP contribution in [0.2, 0.25) is 0 Å². The van der Waals surface area contributed by atoms with Crippen LogP contribution in [-0.4, -0.2) is 0 Å². The molecular weight excluding hydrogens is 303 g/mol. The quantitative estimate of drug-likeness (QED) is 0.555. The average molecular weight is 320 g/mol. The van der Waals surface area contributed by atoms with Gasteiger partial charge in [0.05, 0.1) is 5.66 Å². The Kier molecular flexibility index (Phi) is 3.24. The number of hydrogen-bond acceptors (Lipinski definition) is 3. The third-order valence-corrected chi connectivity index (χ3v) is 6.43. The van der Waals surface area contributed by atoms with Crippen molar-refractivity contribution < 1.29 is 4.57 Å². The number of allylic oxidation sites excluding steroid dienone is 1. The van der Waals surface area contributed by atoms with Gasteiger partial charge in [-0.3, -0.25) is 0 Å². The van der Waals surface area contributed by atoms with Crippen molar-refractivity contribution in [1.82, 2.24) is 0 Å². The first kappa shape index (κ1) is 14.1. The van der Waals surface area contributed by atoms with Gasteiger partial charge in [0.2, 0.25) is 0 Å². The largest absolute Gasteiger partial charge is 0.399 e. The Bertz CT molecular complexity index is 973. The molecule has 0 fully saturated rings. The lowest BCUT2D eigenvalue weighted by molar-refractivity contribution is 0.590. The molecule has 3 aromatic rings. The molecule has 2 atom stereocenters. The van der Waals surface area contributed by atoms with Crippen LogP contribution in [-0.2, 0) is 4.57 Å². The smallest absolute Gasteiger partial charge is 0.117 e. The molecule has 3 aromatic carbocycles. The van der Waals surface area contributed by atoms with E-state index in [4.69, 9.17) is 11.5 Å². The molecule has 2 unspecified atom stereocenters. The summed E-state index contributed by atoms with van der Waals surface area (Å²) in [5.74, 6) is 0. The number of rotatable bonds is 2. The number of benzene rings is 3. The maximum atomic E-state index is 13.2. The maximum absolute atomic E-state index is 13.2. The van der Waals surface area contributed by atoms with Crippen LogP contribution in [0.5, 0.6) is 0 Å². The molecule has 4 N–H and O–H groups in total. The Morgan fingerprint density at radius 1 is 0.957 bits per heavy atom. The van der Waals surface area contributed by atoms with Gasteiger partial charge in [0.25, 0.3) is 0 Å². The van der Waals surface area contributed by atoms with Crippen molar-refractivity contribution in [3.05, 3.63) is 71.8 Å². The van der Waals surface area contributed by atoms with Crippen molar-refractivity contribution in [2.45, 2.75) is 5.66 Å². The number of nitrogen functional groups attached to an aromatic ring is 2. The molecule has 114 valence electrons. The van der Waals surface area contributed by atoms with Crippen LogP contribution in [0, 0.1) is 0 Å². The van der Waals surface area contributed by atoms with E-state index in [-0.39, 0.29) is 5.66 Å². The van der Waals surface area contributed by atoms with E-state index in [1.165, 1.54) is 16.3 Å². The van der Waals surface area contributed by atoms with Gasteiger partial charge in [0, 0.05) is 16.7 Å². The van der Waals surface area contributed by atoms with E-state index in [0.717, 1.165) is 5.56 Å². The Balaban J connectivity index is 1.89. The van der Waals surface area contributed by atoms with E-state index in [9.17, 15) is 4.57 Å². The molecule has 4 rings (SSSR count). The normalized spacial score (nSPS) is 17.3. The molecule has 0 amide bonds. The molecule has 0 saturated carbocycles. The third kappa shape index (κ3) is 2.25. The summed E-state index contributed by atoms with van der Waals surface area (Å²) in [6, 6.07) is 17.6. The lowest BCUT2D eigenvalue weighted by Crippen LogP contribution is -2.10. The van der Waals surface area contributed by atoms with E-state index < -0.39 is 7.80 Å². The van der Waals surface area contributed by atoms with Gasteiger partial charge in [0.15, 0.2) is 0 Å². The summed E-state index contributed by atoms with van der Waals surface area (Å²) in [5, 5.41) is 3.02. The summed E-state index contributed by atoms with van der Waals surface area (Å²) in [6.07, 6.45) is 4.09. The van der Waals surface area contributed by atoms with Crippen molar-refractivity contribution in [3.63, 3.8) is 0 Å². The Labute approximate surface area is 135 Å². The zero-order valence-electron chi connectivity index (χ0n) is 12.5. The van der Waals surface area contributed by atoms with Crippen molar-refractivity contribution in [1.29, 1.82) is 0 Å². The molecule has 23 heavy (non-hydrogen) atoms. The van der Waals surface area contributed by atoms with E-state index in [0.29, 0.717) is 16.7 Å². The second kappa shape index (κ2) is 5.29. The van der Waals surface area contributed by atoms with Crippen LogP contribution in [0.1, 0.15) is 16.8 Å². The molecule has 1 aliphatic rings. The molecule has 0 radical (unpaired) electrons. The van der Waals surface area contributed by atoms with Gasteiger partial charge in [-0.15, -0.1) is 0 Å². The Hall–Kier alpha value is -2.51. The highest BCUT2D eigenvalue weighted by Gasteiger charge is 2.24. The van der Waals surface area contributed by atoms with E-state index in [1.54, 1.807) is 18.2 Å². The molecule has 0 spiro atoms. The van der Waals surface area contributed by atoms with Crippen LogP contribution in [0.15, 0.2) is 60.7 Å². The summed E-state index contributed by atoms with van der Waals surface area (Å²) in [7, 11) is -2.15. The van der Waals surface area contributed by atoms with Crippen LogP contribution in [0.4, 0.5) is 11.4 Å². The molecule has 0 aliphatic heterocycles. The molecular formula is C19H17N2OP. The molecule has 0 aromatic heterocycles. The van der Waals surface area contributed by atoms with Crippen molar-refractivity contribution in [3.8, 4) is 0 Å². The van der Waals surface area contributed by atoms with Gasteiger partial charge in [-0.05, 0) is 40.1 Å². The number of nitrogens with two attached hydrogens (primary N) is 2. The van der Waals surface area contributed by atoms with Gasteiger partial charge < -0.3 is 16.0 Å². The average Bonchev–Trinajstić information content (AvgIpc) is 2.57. The SMILES string of the molecule is Nc1ccc(N)c([PH](=O)C2C=Cc3cccc4cccc2c34)c1. The summed E-state index contributed by atoms with van der Waals surface area (Å²) >= 11 is 0. The minimum Gasteiger partial charge on any atom is -0.399 e. The van der Waals surface area contributed by atoms with Gasteiger partial charge in [-0.1, -0.05) is 48.6 Å². The van der Waals surface area contributed by atoms with Crippen LogP contribution in [0.3, 0.4) is 0 Å². The second-order valence-electron chi connectivity index (χ2n) is 5.84. The molecule has 3 nitrogen and oxygen atoms in total. The van der Waals surface area contributed by atoms with E-state index >= 15 is 0 Å². The maximum Gasteiger partial charge on any atom is 0.117 e. The van der Waals surface area contributed by atoms with Crippen LogP contribution in [0.25, 0.3) is 16.8 Å². The molecule has 0 heterocycles. The lowest BCUT2D eigenvalue weighted by Gasteiger charge is -2.22. The molecule has 0 saturated heterocycles. The monoisotopic (exact) mass is 320 g/mol. The fraction of sp³-hybridized carbons (Fsp3) is 0.0526. The van der Waals surface area contributed by atoms with Gasteiger partial charge >= 0.3 is 0 Å². The number of hydrogen-bond donors (Lipinski definition) is 2. The predicted molar refractivity (Wildman–Crippen MR) is 99.6 cm³/mol. The van der Waals surface area contributed by atoms with Gasteiger partial charge in [0.1, 0.15) is 7.80 Å². The first-order valence-electron chi connectivity index (χ1n) is 7.54. The molecule has 0 bridgehead atoms. The summed E-state index contributed by atoms with van der Waals surface area (Å²) < 4.78 is 13.2. The topological polar surface area (TPSA) is 69.1 Å². The standard InChI is InChI=1S/C19H17N2OP/c20-14-8-9-16(21)18(11-14)23(22)17-10-7-13-4-1-3-12-5-2-6-15(17)19(12)13/h1-11,17,23H,20-21H2. The third-order valence-electron chi connectivity index (χ3n) is 4.40. The summed E-state index contributed by atoms with van der Waals surface area (Å²) in [5.41, 5.74) is 15.1. The highest BCUT2D eigenvalue weighted by Crippen LogP contribution is 2.48. The van der Waals surface area contributed by atoms with Crippen LogP contribution >= 0.6 is 7.80 Å². The summed E-state index contributed by atoms with van der Waals surface area (Å²) in [6.45, 7) is 0. The minimum atomic E-state index is -2.15. The highest BCUT2D eigenvalue weighted by atomic mass is 31.1. The van der Waals surface area contributed by atoms with E-state index in [2.05, 4.69) is 30.3 Å². The van der Waals surface area contributed by atoms with Gasteiger partial charge in [-0.25, -0.2) is 0 Å². The first-order chi connectivity index (χ1) is 11.1. The molecule has 4 heteroatoms. The zero-order chi connectivity index (χ0) is 16.0. The van der Waals surface area contributed by atoms with Gasteiger partial charge in [-0.2, -0.15) is 0 Å². The fourth-order valence-electron chi connectivity index (χ4n) is 3.28. The van der Waals surface area contributed by atoms with Crippen LogP contribution < -0.4 is 16.8 Å². The predicted octanol–water partition coefficient (Wildman–Crippen LogP) is 3.96. The van der Waals surface area contributed by atoms with Crippen molar-refractivity contribution in [2.24, 2.45) is 0 Å². The Morgan fingerprint density at radius 3 is 2.57 bits per heavy atom. The Morgan fingerprint density at radius 2 is 1.74 bits per heavy atom. The summed E-state index contributed by atoms with van der Waals surface area (Å²) in [4.78, 5) is 0. The number of anilines is 2. The highest BCUT2D eigenvalue weighted by molar-refractivity contribution is 7.54. The van der Waals surface area contributed by atoms with E-state index in [1.807, 2.05) is 18.2 Å². The van der Waals surface area contributed by atoms with Crippen molar-refractivity contribution >= 4 is 41.3 Å². The zero-order valence-corrected chi connectivity index (χ0v) is 13.5. The lowest BCUT2D eigenvalue weighted by atomic mass is 9.93. The molecule has 1 aliphatic carbocycles.